The average molecular weight is 275 g/mol. The van der Waals surface area contributed by atoms with E-state index in [4.69, 9.17) is 5.11 Å². The van der Waals surface area contributed by atoms with Crippen LogP contribution >= 0.6 is 0 Å². The van der Waals surface area contributed by atoms with Gasteiger partial charge >= 0.3 is 6.09 Å². The summed E-state index contributed by atoms with van der Waals surface area (Å²) in [7, 11) is 0. The predicted octanol–water partition coefficient (Wildman–Crippen LogP) is 0.820. The number of aromatic nitrogens is 1. The summed E-state index contributed by atoms with van der Waals surface area (Å²) in [6, 6.07) is 1.13. The minimum atomic E-state index is -1.02. The maximum absolute atomic E-state index is 12.3. The quantitative estimate of drug-likeness (QED) is 0.766. The third-order valence-corrected chi connectivity index (χ3v) is 3.75. The maximum atomic E-state index is 12.3. The van der Waals surface area contributed by atoms with E-state index in [1.54, 1.807) is 0 Å². The molecule has 0 spiro atoms. The van der Waals surface area contributed by atoms with Crippen LogP contribution in [0.2, 0.25) is 0 Å². The molecule has 7 nitrogen and oxygen atoms in total. The van der Waals surface area contributed by atoms with Crippen molar-refractivity contribution in [3.63, 3.8) is 0 Å². The topological polar surface area (TPSA) is 90.8 Å². The predicted molar refractivity (Wildman–Crippen MR) is 67.4 cm³/mol. The molecule has 1 N–H and O–H groups in total. The van der Waals surface area contributed by atoms with E-state index in [9.17, 15) is 14.4 Å². The average Bonchev–Trinajstić information content (AvgIpc) is 2.72. The molecule has 1 aromatic heterocycles. The van der Waals surface area contributed by atoms with Gasteiger partial charge in [0, 0.05) is 25.5 Å². The fourth-order valence-corrected chi connectivity index (χ4v) is 2.77. The van der Waals surface area contributed by atoms with Crippen molar-refractivity contribution in [2.24, 2.45) is 0 Å². The summed E-state index contributed by atoms with van der Waals surface area (Å²) in [5.74, 6) is -0.736. The Kier molecular flexibility index (Phi) is 2.89. The summed E-state index contributed by atoms with van der Waals surface area (Å²) in [5.41, 5.74) is 0.641. The number of nitrogens with zero attached hydrogens (tertiary/aromatic N) is 3. The minimum absolute atomic E-state index is 0.175. The van der Waals surface area contributed by atoms with Gasteiger partial charge < -0.3 is 10.0 Å². The van der Waals surface area contributed by atoms with E-state index < -0.39 is 12.1 Å². The maximum Gasteiger partial charge on any atom is 0.407 e. The van der Waals surface area contributed by atoms with Crippen LogP contribution in [0.25, 0.3) is 0 Å². The van der Waals surface area contributed by atoms with E-state index in [1.165, 1.54) is 28.3 Å². The van der Waals surface area contributed by atoms with Crippen LogP contribution in [-0.4, -0.2) is 56.9 Å². The van der Waals surface area contributed by atoms with E-state index in [-0.39, 0.29) is 18.4 Å². The first-order chi connectivity index (χ1) is 9.59. The second kappa shape index (κ2) is 4.59. The Morgan fingerprint density at radius 2 is 2.05 bits per heavy atom. The van der Waals surface area contributed by atoms with Crippen molar-refractivity contribution in [1.29, 1.82) is 0 Å². The molecule has 0 saturated carbocycles. The number of carbonyl (C=O) groups excluding carboxylic acids is 2. The Morgan fingerprint density at radius 3 is 2.75 bits per heavy atom. The molecule has 3 amide bonds. The van der Waals surface area contributed by atoms with Gasteiger partial charge in [0.15, 0.2) is 0 Å². The number of hydrogen-bond acceptors (Lipinski definition) is 4. The minimum Gasteiger partial charge on any atom is -0.465 e. The van der Waals surface area contributed by atoms with Crippen LogP contribution in [0.5, 0.6) is 0 Å². The molecule has 1 fully saturated rings. The number of hydrogen-bond donors (Lipinski definition) is 1. The summed E-state index contributed by atoms with van der Waals surface area (Å²) in [6.45, 7) is 0.616. The van der Waals surface area contributed by atoms with Gasteiger partial charge in [-0.25, -0.2) is 4.79 Å². The molecule has 2 aliphatic heterocycles. The van der Waals surface area contributed by atoms with E-state index in [0.717, 1.165) is 0 Å². The number of imide groups is 1. The Hall–Kier alpha value is -2.44. The Labute approximate surface area is 114 Å². The third kappa shape index (κ3) is 1.82. The monoisotopic (exact) mass is 275 g/mol. The van der Waals surface area contributed by atoms with Crippen LogP contribution in [-0.2, 0) is 0 Å². The number of likely N-dealkylation sites (tertiary alicyclic amines) is 1. The number of carboxylic acid groups (broad SMARTS) is 1. The van der Waals surface area contributed by atoms with Gasteiger partial charge in [-0.2, -0.15) is 0 Å². The highest BCUT2D eigenvalue weighted by Crippen LogP contribution is 2.27. The standard InChI is InChI=1S/C13H13N3O4/c17-11-9-3-4-14-6-10(9)12(18)16(11)8-2-1-5-15(7-8)13(19)20/h3-4,6,8H,1-2,5,7H2,(H,19,20). The molecular formula is C13H13N3O4. The lowest BCUT2D eigenvalue weighted by atomic mass is 10.0. The van der Waals surface area contributed by atoms with Gasteiger partial charge in [-0.15, -0.1) is 0 Å². The second-order valence-corrected chi connectivity index (χ2v) is 4.93. The van der Waals surface area contributed by atoms with Gasteiger partial charge in [-0.3, -0.25) is 19.5 Å². The van der Waals surface area contributed by atoms with E-state index in [0.29, 0.717) is 30.5 Å². The molecule has 1 unspecified atom stereocenters. The zero-order chi connectivity index (χ0) is 14.3. The fourth-order valence-electron chi connectivity index (χ4n) is 2.77. The molecule has 1 aromatic rings. The molecule has 104 valence electrons. The number of piperidine rings is 1. The first-order valence-electron chi connectivity index (χ1n) is 6.39. The van der Waals surface area contributed by atoms with E-state index >= 15 is 0 Å². The molecule has 0 radical (unpaired) electrons. The second-order valence-electron chi connectivity index (χ2n) is 4.93. The number of carbonyl (C=O) groups is 3. The van der Waals surface area contributed by atoms with Crippen LogP contribution in [0.1, 0.15) is 33.6 Å². The molecule has 0 bridgehead atoms. The van der Waals surface area contributed by atoms with Crippen LogP contribution in [0, 0.1) is 0 Å². The molecule has 7 heteroatoms. The van der Waals surface area contributed by atoms with Crippen molar-refractivity contribution in [3.05, 3.63) is 29.6 Å². The SMILES string of the molecule is O=C(O)N1CCCC(N2C(=O)c3ccncc3C2=O)C1. The van der Waals surface area contributed by atoms with E-state index in [2.05, 4.69) is 4.98 Å². The molecule has 3 heterocycles. The molecule has 20 heavy (non-hydrogen) atoms. The molecule has 3 rings (SSSR count). The molecule has 0 aromatic carbocycles. The number of fused-ring (bicyclic) bond motifs is 1. The molecule has 0 aliphatic carbocycles. The van der Waals surface area contributed by atoms with Gasteiger partial charge in [-0.1, -0.05) is 0 Å². The lowest BCUT2D eigenvalue weighted by molar-refractivity contribution is 0.0476. The van der Waals surface area contributed by atoms with Crippen LogP contribution in [0.15, 0.2) is 18.5 Å². The first kappa shape index (κ1) is 12.6. The normalized spacial score (nSPS) is 22.1. The summed E-state index contributed by atoms with van der Waals surface area (Å²) < 4.78 is 0. The summed E-state index contributed by atoms with van der Waals surface area (Å²) in [6.07, 6.45) is 3.10. The van der Waals surface area contributed by atoms with Gasteiger partial charge in [0.05, 0.1) is 17.2 Å². The zero-order valence-corrected chi connectivity index (χ0v) is 10.7. The number of amides is 3. The molecule has 2 aliphatic rings. The largest absolute Gasteiger partial charge is 0.465 e. The smallest absolute Gasteiger partial charge is 0.407 e. The summed E-state index contributed by atoms with van der Waals surface area (Å²) >= 11 is 0. The Bertz CT molecular complexity index is 566. The van der Waals surface area contributed by atoms with Crippen molar-refractivity contribution < 1.29 is 19.5 Å². The number of pyridine rings is 1. The highest BCUT2D eigenvalue weighted by molar-refractivity contribution is 6.21. The Balaban J connectivity index is 1.87. The first-order valence-corrected chi connectivity index (χ1v) is 6.39. The summed E-state index contributed by atoms with van der Waals surface area (Å²) in [5, 5.41) is 9.03. The zero-order valence-electron chi connectivity index (χ0n) is 10.7. The van der Waals surface area contributed by atoms with Crippen molar-refractivity contribution in [1.82, 2.24) is 14.8 Å². The van der Waals surface area contributed by atoms with E-state index in [1.807, 2.05) is 0 Å². The third-order valence-electron chi connectivity index (χ3n) is 3.75. The lowest BCUT2D eigenvalue weighted by Crippen LogP contribution is -2.51. The molecule has 1 saturated heterocycles. The lowest BCUT2D eigenvalue weighted by Gasteiger charge is -2.35. The van der Waals surface area contributed by atoms with Crippen molar-refractivity contribution in [2.45, 2.75) is 18.9 Å². The summed E-state index contributed by atoms with van der Waals surface area (Å²) in [4.78, 5) is 41.9. The van der Waals surface area contributed by atoms with Gasteiger partial charge in [0.25, 0.3) is 11.8 Å². The number of rotatable bonds is 1. The van der Waals surface area contributed by atoms with Gasteiger partial charge in [0.2, 0.25) is 0 Å². The Morgan fingerprint density at radius 1 is 1.30 bits per heavy atom. The van der Waals surface area contributed by atoms with Crippen LogP contribution < -0.4 is 0 Å². The van der Waals surface area contributed by atoms with Crippen molar-refractivity contribution in [2.75, 3.05) is 13.1 Å². The highest BCUT2D eigenvalue weighted by atomic mass is 16.4. The van der Waals surface area contributed by atoms with Crippen LogP contribution in [0.4, 0.5) is 4.79 Å². The van der Waals surface area contributed by atoms with Crippen molar-refractivity contribution in [3.8, 4) is 0 Å². The molecule has 1 atom stereocenters. The fraction of sp³-hybridized carbons (Fsp3) is 0.385. The van der Waals surface area contributed by atoms with Crippen molar-refractivity contribution >= 4 is 17.9 Å². The molecular weight excluding hydrogens is 262 g/mol. The van der Waals surface area contributed by atoms with Gasteiger partial charge in [-0.05, 0) is 18.9 Å². The highest BCUT2D eigenvalue weighted by Gasteiger charge is 2.41. The van der Waals surface area contributed by atoms with Crippen LogP contribution in [0.3, 0.4) is 0 Å². The van der Waals surface area contributed by atoms with Gasteiger partial charge in [0.1, 0.15) is 0 Å².